The van der Waals surface area contributed by atoms with Crippen molar-refractivity contribution >= 4 is 34.2 Å². The number of carbonyl (C=O) groups is 1. The number of piperidine rings is 1. The van der Waals surface area contributed by atoms with E-state index in [1.807, 2.05) is 18.2 Å². The number of nitrogens with one attached hydrogen (secondary N) is 2. The molecule has 1 aromatic rings. The van der Waals surface area contributed by atoms with Crippen LogP contribution in [-0.2, 0) is 11.2 Å². The summed E-state index contributed by atoms with van der Waals surface area (Å²) in [6, 6.07) is 5.93. The largest absolute Gasteiger partial charge is 0.496 e. The Hall–Kier alpha value is -0.780. The van der Waals surface area contributed by atoms with Crippen molar-refractivity contribution in [1.82, 2.24) is 10.6 Å². The minimum atomic E-state index is 0. The second kappa shape index (κ2) is 8.61. The van der Waals surface area contributed by atoms with Crippen LogP contribution in [0.15, 0.2) is 22.7 Å². The summed E-state index contributed by atoms with van der Waals surface area (Å²) in [5.74, 6) is 1.31. The van der Waals surface area contributed by atoms with Gasteiger partial charge in [0.15, 0.2) is 0 Å². The third-order valence-corrected chi connectivity index (χ3v) is 4.26. The fraction of sp³-hybridized carbons (Fsp3) is 0.533. The number of carbonyl (C=O) groups excluding carboxylic acids is 1. The van der Waals surface area contributed by atoms with Crippen molar-refractivity contribution in [1.29, 1.82) is 0 Å². The topological polar surface area (TPSA) is 50.4 Å². The van der Waals surface area contributed by atoms with Gasteiger partial charge >= 0.3 is 0 Å². The molecule has 0 aliphatic carbocycles. The van der Waals surface area contributed by atoms with E-state index in [9.17, 15) is 4.79 Å². The summed E-state index contributed by atoms with van der Waals surface area (Å²) in [4.78, 5) is 12.2. The predicted molar refractivity (Wildman–Crippen MR) is 90.2 cm³/mol. The van der Waals surface area contributed by atoms with Crippen LogP contribution in [0.1, 0.15) is 18.9 Å². The van der Waals surface area contributed by atoms with Gasteiger partial charge in [0.05, 0.1) is 13.5 Å². The van der Waals surface area contributed by atoms with Crippen LogP contribution >= 0.6 is 28.3 Å². The van der Waals surface area contributed by atoms with Crippen LogP contribution in [0.2, 0.25) is 0 Å². The molecular weight excluding hydrogens is 356 g/mol. The van der Waals surface area contributed by atoms with Crippen molar-refractivity contribution in [2.45, 2.75) is 25.8 Å². The Balaban J connectivity index is 0.00000220. The zero-order valence-electron chi connectivity index (χ0n) is 12.3. The van der Waals surface area contributed by atoms with Gasteiger partial charge in [-0.05, 0) is 37.1 Å². The lowest BCUT2D eigenvalue weighted by Gasteiger charge is -2.30. The average molecular weight is 378 g/mol. The van der Waals surface area contributed by atoms with E-state index in [1.165, 1.54) is 0 Å². The van der Waals surface area contributed by atoms with E-state index in [2.05, 4.69) is 33.5 Å². The molecule has 0 saturated carbocycles. The van der Waals surface area contributed by atoms with Crippen molar-refractivity contribution in [3.63, 3.8) is 0 Å². The molecule has 4 nitrogen and oxygen atoms in total. The first kappa shape index (κ1) is 18.3. The van der Waals surface area contributed by atoms with E-state index in [1.54, 1.807) is 7.11 Å². The molecule has 0 spiro atoms. The van der Waals surface area contributed by atoms with Crippen LogP contribution in [0.5, 0.6) is 5.75 Å². The van der Waals surface area contributed by atoms with Crippen LogP contribution < -0.4 is 15.4 Å². The number of ether oxygens (including phenoxy) is 1. The van der Waals surface area contributed by atoms with E-state index in [0.29, 0.717) is 12.3 Å². The van der Waals surface area contributed by atoms with Crippen molar-refractivity contribution in [2.75, 3.05) is 20.2 Å². The van der Waals surface area contributed by atoms with Crippen molar-refractivity contribution < 1.29 is 9.53 Å². The number of halogens is 2. The van der Waals surface area contributed by atoms with E-state index < -0.39 is 0 Å². The van der Waals surface area contributed by atoms with Gasteiger partial charge in [-0.15, -0.1) is 12.4 Å². The van der Waals surface area contributed by atoms with Crippen LogP contribution in [0.4, 0.5) is 0 Å². The third-order valence-electron chi connectivity index (χ3n) is 3.77. The molecule has 1 fully saturated rings. The summed E-state index contributed by atoms with van der Waals surface area (Å²) in [6.07, 6.45) is 1.44. The van der Waals surface area contributed by atoms with Gasteiger partial charge in [-0.25, -0.2) is 0 Å². The number of benzene rings is 1. The van der Waals surface area contributed by atoms with Crippen molar-refractivity contribution in [3.05, 3.63) is 28.2 Å². The van der Waals surface area contributed by atoms with E-state index in [0.717, 1.165) is 35.3 Å². The molecule has 1 saturated heterocycles. The van der Waals surface area contributed by atoms with Gasteiger partial charge in [0.1, 0.15) is 5.75 Å². The Bertz CT molecular complexity index is 485. The standard InChI is InChI=1S/C15H21BrN2O2.ClH/c1-10-5-6-17-9-13(10)18-15(19)8-11-7-12(16)3-4-14(11)20-2;/h3-4,7,10,13,17H,5-6,8-9H2,1-2H3,(H,18,19);1H. The zero-order valence-corrected chi connectivity index (χ0v) is 14.7. The molecule has 0 radical (unpaired) electrons. The van der Waals surface area contributed by atoms with Gasteiger partial charge in [-0.2, -0.15) is 0 Å². The molecule has 2 atom stereocenters. The normalized spacial score (nSPS) is 21.3. The fourth-order valence-corrected chi connectivity index (χ4v) is 2.91. The third kappa shape index (κ3) is 5.16. The Morgan fingerprint density at radius 2 is 2.29 bits per heavy atom. The minimum absolute atomic E-state index is 0. The first-order valence-electron chi connectivity index (χ1n) is 6.92. The van der Waals surface area contributed by atoms with Gasteiger partial charge < -0.3 is 15.4 Å². The summed E-state index contributed by atoms with van der Waals surface area (Å²) in [5.41, 5.74) is 0.899. The highest BCUT2D eigenvalue weighted by Gasteiger charge is 2.22. The SMILES string of the molecule is COc1ccc(Br)cc1CC(=O)NC1CNCCC1C.Cl. The van der Waals surface area contributed by atoms with Gasteiger partial charge in [-0.3, -0.25) is 4.79 Å². The van der Waals surface area contributed by atoms with Gasteiger partial charge in [0.25, 0.3) is 0 Å². The average Bonchev–Trinajstić information content (AvgIpc) is 2.41. The molecule has 118 valence electrons. The summed E-state index contributed by atoms with van der Waals surface area (Å²) in [5, 5.41) is 6.43. The highest BCUT2D eigenvalue weighted by atomic mass is 79.9. The predicted octanol–water partition coefficient (Wildman–Crippen LogP) is 2.54. The van der Waals surface area contributed by atoms with Crippen LogP contribution in [0, 0.1) is 5.92 Å². The molecule has 21 heavy (non-hydrogen) atoms. The Labute approximate surface area is 140 Å². The Morgan fingerprint density at radius 1 is 1.52 bits per heavy atom. The summed E-state index contributed by atoms with van der Waals surface area (Å²) in [7, 11) is 1.62. The molecule has 0 aromatic heterocycles. The van der Waals surface area contributed by atoms with Crippen LogP contribution in [0.25, 0.3) is 0 Å². The number of amides is 1. The lowest BCUT2D eigenvalue weighted by molar-refractivity contribution is -0.121. The molecule has 2 unspecified atom stereocenters. The lowest BCUT2D eigenvalue weighted by Crippen LogP contribution is -2.50. The first-order chi connectivity index (χ1) is 9.60. The molecule has 6 heteroatoms. The molecule has 1 amide bonds. The molecule has 0 bridgehead atoms. The lowest BCUT2D eigenvalue weighted by atomic mass is 9.94. The van der Waals surface area contributed by atoms with Gasteiger partial charge in [0, 0.05) is 22.6 Å². The maximum atomic E-state index is 12.2. The number of methoxy groups -OCH3 is 1. The van der Waals surface area contributed by atoms with Gasteiger partial charge in [0.2, 0.25) is 5.91 Å². The van der Waals surface area contributed by atoms with Gasteiger partial charge in [-0.1, -0.05) is 22.9 Å². The van der Waals surface area contributed by atoms with E-state index in [4.69, 9.17) is 4.74 Å². The second-order valence-electron chi connectivity index (χ2n) is 5.28. The zero-order chi connectivity index (χ0) is 14.5. The molecular formula is C15H22BrClN2O2. The fourth-order valence-electron chi connectivity index (χ4n) is 2.50. The van der Waals surface area contributed by atoms with Crippen LogP contribution in [-0.4, -0.2) is 32.1 Å². The second-order valence-corrected chi connectivity index (χ2v) is 6.19. The smallest absolute Gasteiger partial charge is 0.224 e. The number of hydrogen-bond donors (Lipinski definition) is 2. The van der Waals surface area contributed by atoms with Crippen LogP contribution in [0.3, 0.4) is 0 Å². The number of hydrogen-bond acceptors (Lipinski definition) is 3. The minimum Gasteiger partial charge on any atom is -0.496 e. The summed E-state index contributed by atoms with van der Waals surface area (Å²) >= 11 is 3.43. The highest BCUT2D eigenvalue weighted by molar-refractivity contribution is 9.10. The molecule has 2 N–H and O–H groups in total. The van der Waals surface area contributed by atoms with Crippen molar-refractivity contribution in [2.24, 2.45) is 5.92 Å². The maximum absolute atomic E-state index is 12.2. The van der Waals surface area contributed by atoms with Crippen molar-refractivity contribution in [3.8, 4) is 5.75 Å². The summed E-state index contributed by atoms with van der Waals surface area (Å²) in [6.45, 7) is 4.07. The Morgan fingerprint density at radius 3 is 2.95 bits per heavy atom. The monoisotopic (exact) mass is 376 g/mol. The number of rotatable bonds is 4. The molecule has 1 heterocycles. The molecule has 1 aliphatic rings. The Kier molecular flexibility index (Phi) is 7.49. The first-order valence-corrected chi connectivity index (χ1v) is 7.72. The van der Waals surface area contributed by atoms with E-state index in [-0.39, 0.29) is 24.4 Å². The summed E-state index contributed by atoms with van der Waals surface area (Å²) < 4.78 is 6.25. The molecule has 1 aliphatic heterocycles. The maximum Gasteiger partial charge on any atom is 0.224 e. The molecule has 1 aromatic carbocycles. The quantitative estimate of drug-likeness (QED) is 0.848. The molecule has 2 rings (SSSR count). The van der Waals surface area contributed by atoms with E-state index >= 15 is 0 Å². The highest BCUT2D eigenvalue weighted by Crippen LogP contribution is 2.23.